The third-order valence-electron chi connectivity index (χ3n) is 5.25. The van der Waals surface area contributed by atoms with Crippen molar-refractivity contribution in [2.75, 3.05) is 26.7 Å². The van der Waals surface area contributed by atoms with Crippen LogP contribution in [-0.4, -0.2) is 31.6 Å². The van der Waals surface area contributed by atoms with Crippen LogP contribution in [0.2, 0.25) is 0 Å². The first kappa shape index (κ1) is 15.1. The highest BCUT2D eigenvalue weighted by atomic mass is 16.3. The van der Waals surface area contributed by atoms with Gasteiger partial charge in [-0.15, -0.1) is 0 Å². The molecular weight excluding hydrogens is 260 g/mol. The standard InChI is InChI=1S/C18H30N2O/c1-4-9-19-12-14-6-5-10-20(3)18(14)17-8-7-16(21-17)15-11-13(15)2/h7-8,13-15,18-19H,4-6,9-12H2,1-3H3. The zero-order chi connectivity index (χ0) is 14.8. The van der Waals surface area contributed by atoms with Crippen molar-refractivity contribution in [2.45, 2.75) is 51.5 Å². The van der Waals surface area contributed by atoms with Gasteiger partial charge in [0, 0.05) is 5.92 Å². The molecule has 2 fully saturated rings. The highest BCUT2D eigenvalue weighted by Gasteiger charge is 2.38. The largest absolute Gasteiger partial charge is 0.464 e. The van der Waals surface area contributed by atoms with E-state index in [4.69, 9.17) is 4.42 Å². The lowest BCUT2D eigenvalue weighted by Crippen LogP contribution is -2.40. The lowest BCUT2D eigenvalue weighted by molar-refractivity contribution is 0.1000. The Morgan fingerprint density at radius 2 is 2.10 bits per heavy atom. The van der Waals surface area contributed by atoms with Crippen LogP contribution in [-0.2, 0) is 0 Å². The minimum absolute atomic E-state index is 0.450. The number of likely N-dealkylation sites (tertiary alicyclic amines) is 1. The van der Waals surface area contributed by atoms with Crippen molar-refractivity contribution in [2.24, 2.45) is 11.8 Å². The Hall–Kier alpha value is -0.800. The summed E-state index contributed by atoms with van der Waals surface area (Å²) in [6.07, 6.45) is 5.12. The molecule has 2 heterocycles. The number of hydrogen-bond acceptors (Lipinski definition) is 3. The van der Waals surface area contributed by atoms with Gasteiger partial charge in [-0.25, -0.2) is 0 Å². The molecule has 3 rings (SSSR count). The fourth-order valence-electron chi connectivity index (χ4n) is 3.83. The fourth-order valence-corrected chi connectivity index (χ4v) is 3.83. The Balaban J connectivity index is 1.70. The Bertz CT molecular complexity index is 456. The maximum atomic E-state index is 6.25. The Kier molecular flexibility index (Phi) is 4.70. The Labute approximate surface area is 129 Å². The molecule has 0 bridgehead atoms. The zero-order valence-corrected chi connectivity index (χ0v) is 13.8. The third kappa shape index (κ3) is 3.35. The van der Waals surface area contributed by atoms with Crippen molar-refractivity contribution in [3.63, 3.8) is 0 Å². The SMILES string of the molecule is CCCNCC1CCCN(C)C1c1ccc(C2CC2C)o1. The molecule has 0 aromatic carbocycles. The van der Waals surface area contributed by atoms with Gasteiger partial charge in [-0.1, -0.05) is 13.8 Å². The van der Waals surface area contributed by atoms with Crippen LogP contribution in [0.5, 0.6) is 0 Å². The minimum Gasteiger partial charge on any atom is -0.464 e. The maximum absolute atomic E-state index is 6.25. The maximum Gasteiger partial charge on any atom is 0.121 e. The molecule has 0 spiro atoms. The molecule has 1 aromatic heterocycles. The first-order valence-electron chi connectivity index (χ1n) is 8.71. The molecule has 2 aliphatic rings. The van der Waals surface area contributed by atoms with Gasteiger partial charge in [-0.05, 0) is 76.3 Å². The smallest absolute Gasteiger partial charge is 0.121 e. The van der Waals surface area contributed by atoms with Crippen molar-refractivity contribution >= 4 is 0 Å². The molecule has 3 heteroatoms. The fraction of sp³-hybridized carbons (Fsp3) is 0.778. The molecule has 4 unspecified atom stereocenters. The average molecular weight is 290 g/mol. The van der Waals surface area contributed by atoms with Crippen LogP contribution in [0.15, 0.2) is 16.5 Å². The summed E-state index contributed by atoms with van der Waals surface area (Å²) in [6, 6.07) is 4.91. The quantitative estimate of drug-likeness (QED) is 0.808. The van der Waals surface area contributed by atoms with Crippen LogP contribution in [0, 0.1) is 11.8 Å². The molecule has 1 saturated carbocycles. The van der Waals surface area contributed by atoms with Crippen LogP contribution >= 0.6 is 0 Å². The molecule has 0 amide bonds. The molecule has 3 nitrogen and oxygen atoms in total. The molecule has 1 N–H and O–H groups in total. The second kappa shape index (κ2) is 6.53. The van der Waals surface area contributed by atoms with Crippen molar-refractivity contribution in [3.05, 3.63) is 23.7 Å². The van der Waals surface area contributed by atoms with E-state index in [1.54, 1.807) is 0 Å². The zero-order valence-electron chi connectivity index (χ0n) is 13.8. The van der Waals surface area contributed by atoms with E-state index in [2.05, 4.69) is 43.2 Å². The second-order valence-corrected chi connectivity index (χ2v) is 7.09. The van der Waals surface area contributed by atoms with Gasteiger partial charge in [0.05, 0.1) is 6.04 Å². The van der Waals surface area contributed by atoms with E-state index in [1.807, 2.05) is 0 Å². The summed E-state index contributed by atoms with van der Waals surface area (Å²) >= 11 is 0. The van der Waals surface area contributed by atoms with E-state index >= 15 is 0 Å². The lowest BCUT2D eigenvalue weighted by atomic mass is 9.88. The van der Waals surface area contributed by atoms with Gasteiger partial charge in [0.2, 0.25) is 0 Å². The van der Waals surface area contributed by atoms with E-state index in [0.717, 1.165) is 19.0 Å². The average Bonchev–Trinajstić information content (AvgIpc) is 3.00. The Morgan fingerprint density at radius 1 is 1.33 bits per heavy atom. The van der Waals surface area contributed by atoms with Gasteiger partial charge >= 0.3 is 0 Å². The number of nitrogens with one attached hydrogen (secondary N) is 1. The topological polar surface area (TPSA) is 28.4 Å². The van der Waals surface area contributed by atoms with Gasteiger partial charge in [0.1, 0.15) is 11.5 Å². The minimum atomic E-state index is 0.450. The molecule has 21 heavy (non-hydrogen) atoms. The number of hydrogen-bond donors (Lipinski definition) is 1. The molecule has 1 saturated heterocycles. The van der Waals surface area contributed by atoms with Gasteiger partial charge in [0.25, 0.3) is 0 Å². The summed E-state index contributed by atoms with van der Waals surface area (Å²) in [5, 5.41) is 3.61. The number of nitrogens with zero attached hydrogens (tertiary/aromatic N) is 1. The molecule has 4 atom stereocenters. The third-order valence-corrected chi connectivity index (χ3v) is 5.25. The van der Waals surface area contributed by atoms with Crippen LogP contribution in [0.3, 0.4) is 0 Å². The van der Waals surface area contributed by atoms with Crippen molar-refractivity contribution in [1.29, 1.82) is 0 Å². The first-order chi connectivity index (χ1) is 10.2. The van der Waals surface area contributed by atoms with E-state index in [0.29, 0.717) is 17.9 Å². The van der Waals surface area contributed by atoms with Gasteiger partial charge in [0.15, 0.2) is 0 Å². The summed E-state index contributed by atoms with van der Waals surface area (Å²) in [5.41, 5.74) is 0. The van der Waals surface area contributed by atoms with E-state index < -0.39 is 0 Å². The summed E-state index contributed by atoms with van der Waals surface area (Å²) in [7, 11) is 2.25. The van der Waals surface area contributed by atoms with E-state index in [9.17, 15) is 0 Å². The first-order valence-corrected chi connectivity index (χ1v) is 8.71. The monoisotopic (exact) mass is 290 g/mol. The lowest BCUT2D eigenvalue weighted by Gasteiger charge is -2.38. The molecule has 1 aromatic rings. The van der Waals surface area contributed by atoms with Gasteiger partial charge in [-0.3, -0.25) is 4.90 Å². The number of piperidine rings is 1. The van der Waals surface area contributed by atoms with Gasteiger partial charge in [-0.2, -0.15) is 0 Å². The molecule has 1 aliphatic carbocycles. The Morgan fingerprint density at radius 3 is 2.81 bits per heavy atom. The second-order valence-electron chi connectivity index (χ2n) is 7.09. The summed E-state index contributed by atoms with van der Waals surface area (Å²) < 4.78 is 6.25. The van der Waals surface area contributed by atoms with Crippen molar-refractivity contribution in [1.82, 2.24) is 10.2 Å². The highest BCUT2D eigenvalue weighted by molar-refractivity contribution is 5.20. The van der Waals surface area contributed by atoms with Crippen molar-refractivity contribution < 1.29 is 4.42 Å². The van der Waals surface area contributed by atoms with Crippen molar-refractivity contribution in [3.8, 4) is 0 Å². The molecule has 1 aliphatic heterocycles. The predicted molar refractivity (Wildman–Crippen MR) is 86.5 cm³/mol. The van der Waals surface area contributed by atoms with Crippen LogP contribution < -0.4 is 5.32 Å². The highest BCUT2D eigenvalue weighted by Crippen LogP contribution is 2.48. The summed E-state index contributed by atoms with van der Waals surface area (Å²) in [4.78, 5) is 2.49. The van der Waals surface area contributed by atoms with E-state index in [1.165, 1.54) is 43.7 Å². The van der Waals surface area contributed by atoms with Gasteiger partial charge < -0.3 is 9.73 Å². The van der Waals surface area contributed by atoms with Crippen LogP contribution in [0.25, 0.3) is 0 Å². The van der Waals surface area contributed by atoms with E-state index in [-0.39, 0.29) is 0 Å². The predicted octanol–water partition coefficient (Wildman–Crippen LogP) is 3.79. The summed E-state index contributed by atoms with van der Waals surface area (Å²) in [5.74, 6) is 4.58. The number of furan rings is 1. The molecular formula is C18H30N2O. The molecule has 0 radical (unpaired) electrons. The summed E-state index contributed by atoms with van der Waals surface area (Å²) in [6.45, 7) is 7.96. The number of rotatable bonds is 6. The molecule has 118 valence electrons. The van der Waals surface area contributed by atoms with Crippen LogP contribution in [0.1, 0.15) is 63.0 Å². The normalized spacial score (nSPS) is 33.3. The van der Waals surface area contributed by atoms with Crippen LogP contribution in [0.4, 0.5) is 0 Å².